The molecular formula is C14H22N2O3. The molecule has 1 amide bonds. The summed E-state index contributed by atoms with van der Waals surface area (Å²) in [4.78, 5) is 11.6. The molecule has 0 spiro atoms. The number of methoxy groups -OCH3 is 1. The molecule has 0 atom stereocenters. The minimum absolute atomic E-state index is 0.115. The second-order valence-electron chi connectivity index (χ2n) is 4.14. The molecule has 0 radical (unpaired) electrons. The SMILES string of the molecule is CCCCOc1ccc(OC)cc1NC(=O)CNC. The van der Waals surface area contributed by atoms with Crippen molar-refractivity contribution in [2.24, 2.45) is 0 Å². The third-order valence-corrected chi connectivity index (χ3v) is 2.55. The van der Waals surface area contributed by atoms with E-state index < -0.39 is 0 Å². The van der Waals surface area contributed by atoms with Gasteiger partial charge in [-0.05, 0) is 25.6 Å². The van der Waals surface area contributed by atoms with Gasteiger partial charge in [-0.25, -0.2) is 0 Å². The molecule has 5 nitrogen and oxygen atoms in total. The van der Waals surface area contributed by atoms with E-state index in [1.807, 2.05) is 12.1 Å². The highest BCUT2D eigenvalue weighted by Gasteiger charge is 2.09. The van der Waals surface area contributed by atoms with E-state index in [0.717, 1.165) is 12.8 Å². The van der Waals surface area contributed by atoms with Crippen LogP contribution in [0.1, 0.15) is 19.8 Å². The number of anilines is 1. The molecule has 0 heterocycles. The second kappa shape index (κ2) is 8.37. The van der Waals surface area contributed by atoms with Gasteiger partial charge in [-0.15, -0.1) is 0 Å². The Hall–Kier alpha value is -1.75. The maximum Gasteiger partial charge on any atom is 0.238 e. The summed E-state index contributed by atoms with van der Waals surface area (Å²) in [5, 5.41) is 5.61. The van der Waals surface area contributed by atoms with Crippen molar-refractivity contribution in [1.29, 1.82) is 0 Å². The molecule has 5 heteroatoms. The second-order valence-corrected chi connectivity index (χ2v) is 4.14. The molecule has 0 aromatic heterocycles. The monoisotopic (exact) mass is 266 g/mol. The van der Waals surface area contributed by atoms with Gasteiger partial charge in [0.1, 0.15) is 11.5 Å². The average Bonchev–Trinajstić information content (AvgIpc) is 2.40. The van der Waals surface area contributed by atoms with Gasteiger partial charge in [0.25, 0.3) is 0 Å². The Labute approximate surface area is 114 Å². The van der Waals surface area contributed by atoms with Gasteiger partial charge in [0.05, 0.1) is 25.9 Å². The molecule has 0 saturated heterocycles. The largest absolute Gasteiger partial charge is 0.497 e. The van der Waals surface area contributed by atoms with Crippen LogP contribution in [0.15, 0.2) is 18.2 Å². The van der Waals surface area contributed by atoms with Crippen molar-refractivity contribution in [2.45, 2.75) is 19.8 Å². The molecule has 2 N–H and O–H groups in total. The Kier molecular flexibility index (Phi) is 6.74. The third kappa shape index (κ3) is 5.18. The lowest BCUT2D eigenvalue weighted by Crippen LogP contribution is -2.25. The lowest BCUT2D eigenvalue weighted by atomic mass is 10.2. The number of hydrogen-bond donors (Lipinski definition) is 2. The minimum atomic E-state index is -0.115. The van der Waals surface area contributed by atoms with Crippen molar-refractivity contribution in [1.82, 2.24) is 5.32 Å². The quantitative estimate of drug-likeness (QED) is 0.707. The lowest BCUT2D eigenvalue weighted by Gasteiger charge is -2.13. The minimum Gasteiger partial charge on any atom is -0.497 e. The van der Waals surface area contributed by atoms with E-state index in [2.05, 4.69) is 17.6 Å². The van der Waals surface area contributed by atoms with Crippen molar-refractivity contribution in [2.75, 3.05) is 32.6 Å². The first kappa shape index (κ1) is 15.3. The van der Waals surface area contributed by atoms with E-state index in [0.29, 0.717) is 23.8 Å². The number of amides is 1. The highest BCUT2D eigenvalue weighted by Crippen LogP contribution is 2.29. The highest BCUT2D eigenvalue weighted by molar-refractivity contribution is 5.93. The fourth-order valence-electron chi connectivity index (χ4n) is 1.54. The summed E-state index contributed by atoms with van der Waals surface area (Å²) in [6.07, 6.45) is 2.05. The molecule has 1 rings (SSSR count). The zero-order valence-corrected chi connectivity index (χ0v) is 11.8. The number of carbonyl (C=O) groups is 1. The van der Waals surface area contributed by atoms with E-state index in [-0.39, 0.29) is 12.5 Å². The van der Waals surface area contributed by atoms with Crippen LogP contribution in [0.4, 0.5) is 5.69 Å². The van der Waals surface area contributed by atoms with Crippen LogP contribution in [-0.2, 0) is 4.79 Å². The maximum absolute atomic E-state index is 11.6. The number of rotatable bonds is 8. The summed E-state index contributed by atoms with van der Waals surface area (Å²) in [5.41, 5.74) is 0.635. The van der Waals surface area contributed by atoms with E-state index in [9.17, 15) is 4.79 Å². The summed E-state index contributed by atoms with van der Waals surface area (Å²) in [6, 6.07) is 5.38. The van der Waals surface area contributed by atoms with Gasteiger partial charge in [0.15, 0.2) is 0 Å². The van der Waals surface area contributed by atoms with E-state index in [1.54, 1.807) is 20.2 Å². The van der Waals surface area contributed by atoms with Crippen LogP contribution in [0, 0.1) is 0 Å². The Morgan fingerprint density at radius 3 is 2.79 bits per heavy atom. The fraction of sp³-hybridized carbons (Fsp3) is 0.500. The summed E-state index contributed by atoms with van der Waals surface area (Å²) in [5.74, 6) is 1.23. The van der Waals surface area contributed by atoms with Crippen LogP contribution in [0.2, 0.25) is 0 Å². The number of ether oxygens (including phenoxy) is 2. The molecule has 0 aliphatic carbocycles. The summed E-state index contributed by atoms with van der Waals surface area (Å²) in [6.45, 7) is 3.00. The van der Waals surface area contributed by atoms with Gasteiger partial charge >= 0.3 is 0 Å². The molecule has 106 valence electrons. The van der Waals surface area contributed by atoms with Crippen molar-refractivity contribution in [3.63, 3.8) is 0 Å². The van der Waals surface area contributed by atoms with Crippen LogP contribution in [0.5, 0.6) is 11.5 Å². The number of likely N-dealkylation sites (N-methyl/N-ethyl adjacent to an activating group) is 1. The first-order chi connectivity index (χ1) is 9.21. The predicted molar refractivity (Wildman–Crippen MR) is 76.0 cm³/mol. The normalized spacial score (nSPS) is 10.1. The molecule has 0 unspecified atom stereocenters. The molecule has 0 aliphatic rings. The van der Waals surface area contributed by atoms with E-state index >= 15 is 0 Å². The number of carbonyl (C=O) groups excluding carboxylic acids is 1. The van der Waals surface area contributed by atoms with Crippen LogP contribution >= 0.6 is 0 Å². The summed E-state index contributed by atoms with van der Waals surface area (Å²) >= 11 is 0. The Morgan fingerprint density at radius 1 is 1.37 bits per heavy atom. The smallest absolute Gasteiger partial charge is 0.238 e. The zero-order chi connectivity index (χ0) is 14.1. The zero-order valence-electron chi connectivity index (χ0n) is 11.8. The molecular weight excluding hydrogens is 244 g/mol. The van der Waals surface area contributed by atoms with Crippen molar-refractivity contribution >= 4 is 11.6 Å². The van der Waals surface area contributed by atoms with Gasteiger partial charge in [0, 0.05) is 6.07 Å². The average molecular weight is 266 g/mol. The Bertz CT molecular complexity index is 408. The standard InChI is InChI=1S/C14H22N2O3/c1-4-5-8-19-13-7-6-11(18-3)9-12(13)16-14(17)10-15-2/h6-7,9,15H,4-5,8,10H2,1-3H3,(H,16,17). The maximum atomic E-state index is 11.6. The van der Waals surface area contributed by atoms with E-state index in [1.165, 1.54) is 0 Å². The van der Waals surface area contributed by atoms with E-state index in [4.69, 9.17) is 9.47 Å². The lowest BCUT2D eigenvalue weighted by molar-refractivity contribution is -0.115. The van der Waals surface area contributed by atoms with Crippen LogP contribution in [-0.4, -0.2) is 33.2 Å². The predicted octanol–water partition coefficient (Wildman–Crippen LogP) is 2.03. The Morgan fingerprint density at radius 2 is 2.16 bits per heavy atom. The Balaban J connectivity index is 2.79. The highest BCUT2D eigenvalue weighted by atomic mass is 16.5. The molecule has 0 saturated carbocycles. The first-order valence-corrected chi connectivity index (χ1v) is 6.46. The number of unbranched alkanes of at least 4 members (excludes halogenated alkanes) is 1. The fourth-order valence-corrected chi connectivity index (χ4v) is 1.54. The van der Waals surface area contributed by atoms with Gasteiger partial charge in [-0.2, -0.15) is 0 Å². The van der Waals surface area contributed by atoms with Crippen LogP contribution in [0.3, 0.4) is 0 Å². The van der Waals surface area contributed by atoms with Crippen molar-refractivity contribution < 1.29 is 14.3 Å². The van der Waals surface area contributed by atoms with Gasteiger partial charge in [0.2, 0.25) is 5.91 Å². The van der Waals surface area contributed by atoms with Gasteiger partial charge < -0.3 is 20.1 Å². The summed E-state index contributed by atoms with van der Waals surface area (Å²) in [7, 11) is 3.32. The molecule has 19 heavy (non-hydrogen) atoms. The van der Waals surface area contributed by atoms with Gasteiger partial charge in [-0.3, -0.25) is 4.79 Å². The van der Waals surface area contributed by atoms with Crippen LogP contribution in [0.25, 0.3) is 0 Å². The van der Waals surface area contributed by atoms with Crippen LogP contribution < -0.4 is 20.1 Å². The number of hydrogen-bond acceptors (Lipinski definition) is 4. The topological polar surface area (TPSA) is 59.6 Å². The first-order valence-electron chi connectivity index (χ1n) is 6.46. The molecule has 1 aromatic rings. The van der Waals surface area contributed by atoms with Gasteiger partial charge in [-0.1, -0.05) is 13.3 Å². The molecule has 0 bridgehead atoms. The summed E-state index contributed by atoms with van der Waals surface area (Å²) < 4.78 is 10.8. The number of benzene rings is 1. The molecule has 0 fully saturated rings. The van der Waals surface area contributed by atoms with Crippen molar-refractivity contribution in [3.05, 3.63) is 18.2 Å². The van der Waals surface area contributed by atoms with Crippen molar-refractivity contribution in [3.8, 4) is 11.5 Å². The molecule has 0 aliphatic heterocycles. The molecule has 1 aromatic carbocycles. The third-order valence-electron chi connectivity index (χ3n) is 2.55. The number of nitrogens with one attached hydrogen (secondary N) is 2.